The molecule has 0 radical (unpaired) electrons. The van der Waals surface area contributed by atoms with E-state index in [1.165, 1.54) is 5.56 Å². The van der Waals surface area contributed by atoms with Gasteiger partial charge in [0.1, 0.15) is 11.4 Å². The molecule has 0 saturated heterocycles. The Morgan fingerprint density at radius 3 is 2.47 bits per heavy atom. The summed E-state index contributed by atoms with van der Waals surface area (Å²) in [7, 11) is 0. The molecule has 0 aliphatic carbocycles. The molecule has 17 heavy (non-hydrogen) atoms. The number of ether oxygens (including phenoxy) is 1. The molecule has 0 heterocycles. The van der Waals surface area contributed by atoms with E-state index in [-0.39, 0.29) is 5.60 Å². The van der Waals surface area contributed by atoms with Crippen LogP contribution in [0, 0.1) is 0 Å². The fourth-order valence-electron chi connectivity index (χ4n) is 1.72. The van der Waals surface area contributed by atoms with E-state index >= 15 is 0 Å². The number of nitrogens with two attached hydrogens (primary N) is 1. The second kappa shape index (κ2) is 6.06. The summed E-state index contributed by atoms with van der Waals surface area (Å²) in [5.74, 6) is 1.50. The lowest BCUT2D eigenvalue weighted by atomic mass is 9.97. The van der Waals surface area contributed by atoms with Crippen molar-refractivity contribution in [2.24, 2.45) is 5.73 Å². The van der Waals surface area contributed by atoms with Crippen LogP contribution in [0.2, 0.25) is 0 Å². The van der Waals surface area contributed by atoms with Crippen molar-refractivity contribution in [3.63, 3.8) is 0 Å². The summed E-state index contributed by atoms with van der Waals surface area (Å²) >= 11 is 0. The summed E-state index contributed by atoms with van der Waals surface area (Å²) in [6, 6.07) is 8.29. The van der Waals surface area contributed by atoms with Crippen LogP contribution in [0.5, 0.6) is 5.75 Å². The van der Waals surface area contributed by atoms with E-state index in [1.54, 1.807) is 0 Å². The third-order valence-corrected chi connectivity index (χ3v) is 3.60. The molecular formula is C15H25NO. The SMILES string of the molecule is CCC(C)c1ccccc1OC(C)(CC)CN. The predicted molar refractivity (Wildman–Crippen MR) is 73.5 cm³/mol. The molecule has 0 aliphatic heterocycles. The van der Waals surface area contributed by atoms with Gasteiger partial charge in [0.15, 0.2) is 0 Å². The van der Waals surface area contributed by atoms with Crippen molar-refractivity contribution >= 4 is 0 Å². The molecule has 0 aliphatic rings. The van der Waals surface area contributed by atoms with E-state index in [1.807, 2.05) is 12.1 Å². The van der Waals surface area contributed by atoms with Crippen LogP contribution in [-0.4, -0.2) is 12.1 Å². The highest BCUT2D eigenvalue weighted by molar-refractivity contribution is 5.36. The van der Waals surface area contributed by atoms with Gasteiger partial charge in [-0.2, -0.15) is 0 Å². The fraction of sp³-hybridized carbons (Fsp3) is 0.600. The van der Waals surface area contributed by atoms with E-state index in [2.05, 4.69) is 39.8 Å². The first-order chi connectivity index (χ1) is 8.06. The molecule has 0 spiro atoms. The highest BCUT2D eigenvalue weighted by atomic mass is 16.5. The molecule has 2 unspecified atom stereocenters. The molecule has 2 N–H and O–H groups in total. The molecular weight excluding hydrogens is 210 g/mol. The summed E-state index contributed by atoms with van der Waals surface area (Å²) in [6.45, 7) is 9.15. The Hall–Kier alpha value is -1.02. The van der Waals surface area contributed by atoms with Crippen molar-refractivity contribution in [1.82, 2.24) is 0 Å². The zero-order valence-electron chi connectivity index (χ0n) is 11.5. The summed E-state index contributed by atoms with van der Waals surface area (Å²) in [4.78, 5) is 0. The van der Waals surface area contributed by atoms with Crippen molar-refractivity contribution in [3.05, 3.63) is 29.8 Å². The van der Waals surface area contributed by atoms with Gasteiger partial charge in [0.25, 0.3) is 0 Å². The highest BCUT2D eigenvalue weighted by Crippen LogP contribution is 2.31. The van der Waals surface area contributed by atoms with Crippen molar-refractivity contribution in [1.29, 1.82) is 0 Å². The Balaban J connectivity index is 2.98. The maximum Gasteiger partial charge on any atom is 0.123 e. The van der Waals surface area contributed by atoms with Crippen LogP contribution >= 0.6 is 0 Å². The molecule has 1 rings (SSSR count). The monoisotopic (exact) mass is 235 g/mol. The van der Waals surface area contributed by atoms with E-state index in [9.17, 15) is 0 Å². The molecule has 2 nitrogen and oxygen atoms in total. The number of hydrogen-bond acceptors (Lipinski definition) is 2. The normalized spacial score (nSPS) is 16.3. The van der Waals surface area contributed by atoms with Crippen molar-refractivity contribution in [3.8, 4) is 5.75 Å². The maximum atomic E-state index is 6.13. The average Bonchev–Trinajstić information content (AvgIpc) is 2.38. The third-order valence-electron chi connectivity index (χ3n) is 3.60. The second-order valence-electron chi connectivity index (χ2n) is 4.96. The molecule has 0 bridgehead atoms. The van der Waals surface area contributed by atoms with Gasteiger partial charge in [0.2, 0.25) is 0 Å². The molecule has 0 saturated carbocycles. The second-order valence-corrected chi connectivity index (χ2v) is 4.96. The lowest BCUT2D eigenvalue weighted by Crippen LogP contribution is -2.40. The van der Waals surface area contributed by atoms with Crippen LogP contribution in [0.25, 0.3) is 0 Å². The van der Waals surface area contributed by atoms with Gasteiger partial charge in [-0.15, -0.1) is 0 Å². The number of benzene rings is 1. The van der Waals surface area contributed by atoms with E-state index in [0.717, 1.165) is 18.6 Å². The van der Waals surface area contributed by atoms with Gasteiger partial charge in [-0.3, -0.25) is 0 Å². The Morgan fingerprint density at radius 1 is 1.29 bits per heavy atom. The maximum absolute atomic E-state index is 6.13. The van der Waals surface area contributed by atoms with Crippen LogP contribution in [0.4, 0.5) is 0 Å². The Labute approximate surface area is 105 Å². The third kappa shape index (κ3) is 3.47. The topological polar surface area (TPSA) is 35.2 Å². The minimum absolute atomic E-state index is 0.260. The van der Waals surface area contributed by atoms with Gasteiger partial charge in [0.05, 0.1) is 0 Å². The van der Waals surface area contributed by atoms with E-state index in [4.69, 9.17) is 10.5 Å². The molecule has 0 amide bonds. The summed E-state index contributed by atoms with van der Waals surface area (Å²) in [6.07, 6.45) is 2.03. The van der Waals surface area contributed by atoms with Gasteiger partial charge < -0.3 is 10.5 Å². The molecule has 2 heteroatoms. The van der Waals surface area contributed by atoms with Crippen molar-refractivity contribution in [2.75, 3.05) is 6.54 Å². The van der Waals surface area contributed by atoms with Gasteiger partial charge >= 0.3 is 0 Å². The summed E-state index contributed by atoms with van der Waals surface area (Å²) in [5.41, 5.74) is 6.82. The first kappa shape index (κ1) is 14.0. The number of para-hydroxylation sites is 1. The van der Waals surface area contributed by atoms with Crippen LogP contribution in [0.3, 0.4) is 0 Å². The van der Waals surface area contributed by atoms with Crippen LogP contribution in [0.15, 0.2) is 24.3 Å². The lowest BCUT2D eigenvalue weighted by Gasteiger charge is -2.30. The molecule has 1 aromatic rings. The minimum atomic E-state index is -0.260. The zero-order valence-corrected chi connectivity index (χ0v) is 11.5. The van der Waals surface area contributed by atoms with Crippen LogP contribution < -0.4 is 10.5 Å². The summed E-state index contributed by atoms with van der Waals surface area (Å²) in [5, 5.41) is 0. The standard InChI is InChI=1S/C15H25NO/c1-5-12(3)13-9-7-8-10-14(13)17-15(4,6-2)11-16/h7-10,12H,5-6,11,16H2,1-4H3. The van der Waals surface area contributed by atoms with Gasteiger partial charge in [-0.25, -0.2) is 0 Å². The first-order valence-corrected chi connectivity index (χ1v) is 6.54. The smallest absolute Gasteiger partial charge is 0.123 e. The van der Waals surface area contributed by atoms with Crippen molar-refractivity contribution in [2.45, 2.75) is 52.1 Å². The molecule has 2 atom stereocenters. The molecule has 96 valence electrons. The largest absolute Gasteiger partial charge is 0.486 e. The fourth-order valence-corrected chi connectivity index (χ4v) is 1.72. The Morgan fingerprint density at radius 2 is 1.94 bits per heavy atom. The van der Waals surface area contributed by atoms with Crippen LogP contribution in [-0.2, 0) is 0 Å². The van der Waals surface area contributed by atoms with Gasteiger partial charge in [-0.1, -0.05) is 39.0 Å². The van der Waals surface area contributed by atoms with Crippen LogP contribution in [0.1, 0.15) is 52.0 Å². The predicted octanol–water partition coefficient (Wildman–Crippen LogP) is 3.71. The Bertz CT molecular complexity index is 345. The van der Waals surface area contributed by atoms with E-state index < -0.39 is 0 Å². The Kier molecular flexibility index (Phi) is 5.01. The molecule has 1 aromatic carbocycles. The average molecular weight is 235 g/mol. The quantitative estimate of drug-likeness (QED) is 0.816. The number of rotatable bonds is 6. The van der Waals surface area contributed by atoms with Gasteiger partial charge in [0, 0.05) is 6.54 Å². The molecule has 0 aromatic heterocycles. The minimum Gasteiger partial charge on any atom is -0.486 e. The molecule has 0 fully saturated rings. The zero-order chi connectivity index (χ0) is 12.9. The van der Waals surface area contributed by atoms with E-state index in [0.29, 0.717) is 12.5 Å². The van der Waals surface area contributed by atoms with Crippen molar-refractivity contribution < 1.29 is 4.74 Å². The number of hydrogen-bond donors (Lipinski definition) is 1. The summed E-state index contributed by atoms with van der Waals surface area (Å²) < 4.78 is 6.13. The highest BCUT2D eigenvalue weighted by Gasteiger charge is 2.23. The first-order valence-electron chi connectivity index (χ1n) is 6.54. The van der Waals surface area contributed by atoms with Gasteiger partial charge in [-0.05, 0) is 37.3 Å². The lowest BCUT2D eigenvalue weighted by molar-refractivity contribution is 0.0918.